The molecule has 0 atom stereocenters. The Bertz CT molecular complexity index is 880. The maximum atomic E-state index is 12.3. The number of rotatable bonds is 5. The van der Waals surface area contributed by atoms with Crippen LogP contribution in [0.25, 0.3) is 10.9 Å². The molecule has 2 N–H and O–H groups in total. The smallest absolute Gasteiger partial charge is 0.224 e. The summed E-state index contributed by atoms with van der Waals surface area (Å²) in [5.41, 5.74) is 4.42. The number of para-hydroxylation sites is 1. The maximum Gasteiger partial charge on any atom is 0.224 e. The average Bonchev–Trinajstić information content (AvgIpc) is 3.11. The molecule has 1 aliphatic heterocycles. The van der Waals surface area contributed by atoms with Crippen molar-refractivity contribution in [2.45, 2.75) is 13.0 Å². The lowest BCUT2D eigenvalue weighted by molar-refractivity contribution is -0.120. The number of benzene rings is 2. The van der Waals surface area contributed by atoms with Crippen LogP contribution in [0, 0.1) is 0 Å². The van der Waals surface area contributed by atoms with Crippen LogP contribution in [-0.4, -0.2) is 37.2 Å². The van der Waals surface area contributed by atoms with E-state index in [0.717, 1.165) is 48.3 Å². The van der Waals surface area contributed by atoms with Crippen molar-refractivity contribution in [1.82, 2.24) is 10.3 Å². The molecule has 0 unspecified atom stereocenters. The number of hydrogen-bond donors (Lipinski definition) is 2. The summed E-state index contributed by atoms with van der Waals surface area (Å²) in [4.78, 5) is 17.8. The van der Waals surface area contributed by atoms with E-state index in [1.165, 1.54) is 5.69 Å². The fourth-order valence-electron chi connectivity index (χ4n) is 3.37. The molecule has 4 rings (SSSR count). The molecule has 1 aliphatic rings. The van der Waals surface area contributed by atoms with Gasteiger partial charge in [0, 0.05) is 42.4 Å². The van der Waals surface area contributed by atoms with Crippen molar-refractivity contribution >= 4 is 22.5 Å². The monoisotopic (exact) mass is 349 g/mol. The van der Waals surface area contributed by atoms with Gasteiger partial charge in [-0.25, -0.2) is 0 Å². The molecule has 0 saturated carbocycles. The molecular weight excluding hydrogens is 326 g/mol. The highest BCUT2D eigenvalue weighted by molar-refractivity contribution is 5.84. The number of carbonyl (C=O) groups excluding carboxylic acids is 1. The highest BCUT2D eigenvalue weighted by Gasteiger charge is 2.11. The van der Waals surface area contributed by atoms with E-state index in [4.69, 9.17) is 4.74 Å². The number of morpholine rings is 1. The van der Waals surface area contributed by atoms with Crippen LogP contribution in [0.5, 0.6) is 0 Å². The van der Waals surface area contributed by atoms with Crippen LogP contribution < -0.4 is 10.2 Å². The molecular formula is C21H23N3O2. The molecule has 26 heavy (non-hydrogen) atoms. The van der Waals surface area contributed by atoms with Gasteiger partial charge in [0.2, 0.25) is 5.91 Å². The van der Waals surface area contributed by atoms with E-state index in [0.29, 0.717) is 13.0 Å². The van der Waals surface area contributed by atoms with Gasteiger partial charge in [-0.05, 0) is 29.3 Å². The maximum absolute atomic E-state index is 12.3. The molecule has 1 aromatic heterocycles. The van der Waals surface area contributed by atoms with Crippen molar-refractivity contribution in [3.05, 3.63) is 65.9 Å². The Morgan fingerprint density at radius 1 is 1.08 bits per heavy atom. The minimum absolute atomic E-state index is 0.0365. The second-order valence-electron chi connectivity index (χ2n) is 6.58. The molecule has 5 heteroatoms. The first-order valence-corrected chi connectivity index (χ1v) is 9.03. The fourth-order valence-corrected chi connectivity index (χ4v) is 3.37. The molecule has 3 aromatic rings. The molecule has 0 aliphatic carbocycles. The highest BCUT2D eigenvalue weighted by Crippen LogP contribution is 2.18. The van der Waals surface area contributed by atoms with Gasteiger partial charge >= 0.3 is 0 Å². The zero-order valence-corrected chi connectivity index (χ0v) is 14.7. The number of amides is 1. The van der Waals surface area contributed by atoms with Crippen LogP contribution in [0.4, 0.5) is 5.69 Å². The minimum atomic E-state index is 0.0365. The number of carbonyl (C=O) groups is 1. The van der Waals surface area contributed by atoms with Crippen LogP contribution >= 0.6 is 0 Å². The number of nitrogens with one attached hydrogen (secondary N) is 2. The number of aromatic amines is 1. The Morgan fingerprint density at radius 2 is 1.85 bits per heavy atom. The summed E-state index contributed by atoms with van der Waals surface area (Å²) in [5.74, 6) is 0.0365. The lowest BCUT2D eigenvalue weighted by atomic mass is 10.1. The Morgan fingerprint density at radius 3 is 2.65 bits per heavy atom. The van der Waals surface area contributed by atoms with Crippen LogP contribution in [0.3, 0.4) is 0 Å². The number of H-pyrrole nitrogens is 1. The number of nitrogens with zero attached hydrogens (tertiary/aromatic N) is 1. The van der Waals surface area contributed by atoms with Crippen molar-refractivity contribution in [3.63, 3.8) is 0 Å². The summed E-state index contributed by atoms with van der Waals surface area (Å²) < 4.78 is 5.39. The molecule has 0 spiro atoms. The number of aromatic nitrogens is 1. The Balaban J connectivity index is 1.33. The van der Waals surface area contributed by atoms with Gasteiger partial charge < -0.3 is 19.9 Å². The highest BCUT2D eigenvalue weighted by atomic mass is 16.5. The second kappa shape index (κ2) is 7.62. The SMILES string of the molecule is O=C(Cc1ccc(N2CCOCC2)cc1)NCc1c[nH]c2ccccc12. The van der Waals surface area contributed by atoms with Crippen LogP contribution in [0.1, 0.15) is 11.1 Å². The largest absolute Gasteiger partial charge is 0.378 e. The van der Waals surface area contributed by atoms with Gasteiger partial charge in [-0.3, -0.25) is 4.79 Å². The molecule has 2 heterocycles. The van der Waals surface area contributed by atoms with E-state index in [2.05, 4.69) is 33.4 Å². The summed E-state index contributed by atoms with van der Waals surface area (Å²) in [6.45, 7) is 3.93. The quantitative estimate of drug-likeness (QED) is 0.745. The third-order valence-electron chi connectivity index (χ3n) is 4.83. The molecule has 5 nitrogen and oxygen atoms in total. The average molecular weight is 349 g/mol. The predicted octanol–water partition coefficient (Wildman–Crippen LogP) is 2.86. The summed E-state index contributed by atoms with van der Waals surface area (Å²) in [6.07, 6.45) is 2.35. The minimum Gasteiger partial charge on any atom is -0.378 e. The Labute approximate surface area is 153 Å². The van der Waals surface area contributed by atoms with E-state index in [1.807, 2.05) is 36.5 Å². The topological polar surface area (TPSA) is 57.4 Å². The van der Waals surface area contributed by atoms with Gasteiger partial charge in [0.25, 0.3) is 0 Å². The summed E-state index contributed by atoms with van der Waals surface area (Å²) in [6, 6.07) is 16.4. The number of fused-ring (bicyclic) bond motifs is 1. The first-order valence-electron chi connectivity index (χ1n) is 9.03. The summed E-state index contributed by atoms with van der Waals surface area (Å²) in [5, 5.41) is 4.17. The number of ether oxygens (including phenoxy) is 1. The first kappa shape index (κ1) is 16.7. The van der Waals surface area contributed by atoms with Crippen molar-refractivity contribution < 1.29 is 9.53 Å². The zero-order chi connectivity index (χ0) is 17.8. The van der Waals surface area contributed by atoms with Gasteiger partial charge in [-0.15, -0.1) is 0 Å². The second-order valence-corrected chi connectivity index (χ2v) is 6.58. The standard InChI is InChI=1S/C21H23N3O2/c25-21(23-15-17-14-22-20-4-2-1-3-19(17)20)13-16-5-7-18(8-6-16)24-9-11-26-12-10-24/h1-8,14,22H,9-13,15H2,(H,23,25). The van der Waals surface area contributed by atoms with E-state index in [9.17, 15) is 4.79 Å². The zero-order valence-electron chi connectivity index (χ0n) is 14.7. The molecule has 0 bridgehead atoms. The van der Waals surface area contributed by atoms with Crippen molar-refractivity contribution in [2.75, 3.05) is 31.2 Å². The van der Waals surface area contributed by atoms with Crippen LogP contribution in [0.2, 0.25) is 0 Å². The fraction of sp³-hybridized carbons (Fsp3) is 0.286. The van der Waals surface area contributed by atoms with E-state index in [-0.39, 0.29) is 5.91 Å². The predicted molar refractivity (Wildman–Crippen MR) is 103 cm³/mol. The third kappa shape index (κ3) is 3.73. The van der Waals surface area contributed by atoms with Gasteiger partial charge in [-0.1, -0.05) is 30.3 Å². The van der Waals surface area contributed by atoms with Crippen molar-refractivity contribution in [1.29, 1.82) is 0 Å². The summed E-state index contributed by atoms with van der Waals surface area (Å²) in [7, 11) is 0. The van der Waals surface area contributed by atoms with E-state index < -0.39 is 0 Å². The van der Waals surface area contributed by atoms with E-state index in [1.54, 1.807) is 0 Å². The van der Waals surface area contributed by atoms with Crippen LogP contribution in [-0.2, 0) is 22.5 Å². The summed E-state index contributed by atoms with van der Waals surface area (Å²) >= 11 is 0. The van der Waals surface area contributed by atoms with E-state index >= 15 is 0 Å². The lowest BCUT2D eigenvalue weighted by Gasteiger charge is -2.28. The molecule has 1 saturated heterocycles. The normalized spacial score (nSPS) is 14.5. The van der Waals surface area contributed by atoms with Gasteiger partial charge in [0.05, 0.1) is 19.6 Å². The molecule has 134 valence electrons. The molecule has 1 fully saturated rings. The van der Waals surface area contributed by atoms with Crippen molar-refractivity contribution in [2.24, 2.45) is 0 Å². The first-order chi connectivity index (χ1) is 12.8. The van der Waals surface area contributed by atoms with Gasteiger partial charge in [0.1, 0.15) is 0 Å². The Kier molecular flexibility index (Phi) is 4.88. The Hall–Kier alpha value is -2.79. The number of hydrogen-bond acceptors (Lipinski definition) is 3. The third-order valence-corrected chi connectivity index (χ3v) is 4.83. The molecule has 2 aromatic carbocycles. The van der Waals surface area contributed by atoms with Gasteiger partial charge in [0.15, 0.2) is 0 Å². The molecule has 0 radical (unpaired) electrons. The van der Waals surface area contributed by atoms with Crippen molar-refractivity contribution in [3.8, 4) is 0 Å². The van der Waals surface area contributed by atoms with Crippen LogP contribution in [0.15, 0.2) is 54.7 Å². The molecule has 1 amide bonds. The number of anilines is 1. The van der Waals surface area contributed by atoms with Gasteiger partial charge in [-0.2, -0.15) is 0 Å². The lowest BCUT2D eigenvalue weighted by Crippen LogP contribution is -2.36.